The fourth-order valence-electron chi connectivity index (χ4n) is 3.39. The van der Waals surface area contributed by atoms with Crippen molar-refractivity contribution in [3.8, 4) is 0 Å². The molecule has 25 heavy (non-hydrogen) atoms. The Bertz CT molecular complexity index is 744. The highest BCUT2D eigenvalue weighted by Gasteiger charge is 2.23. The van der Waals surface area contributed by atoms with Gasteiger partial charge in [-0.25, -0.2) is 4.68 Å². The third kappa shape index (κ3) is 3.69. The molecule has 1 aromatic carbocycles. The highest BCUT2D eigenvalue weighted by atomic mass is 32.2. The molecule has 4 rings (SSSR count). The van der Waals surface area contributed by atoms with Gasteiger partial charge in [0, 0.05) is 18.8 Å². The summed E-state index contributed by atoms with van der Waals surface area (Å²) >= 11 is 1.39. The second-order valence-electron chi connectivity index (χ2n) is 6.34. The van der Waals surface area contributed by atoms with Gasteiger partial charge in [-0.15, -0.1) is 5.10 Å². The van der Waals surface area contributed by atoms with E-state index in [-0.39, 0.29) is 12.0 Å². The van der Waals surface area contributed by atoms with Gasteiger partial charge in [0.05, 0.1) is 18.4 Å². The molecule has 8 heteroatoms. The lowest BCUT2D eigenvalue weighted by atomic mass is 10.0. The summed E-state index contributed by atoms with van der Waals surface area (Å²) in [5, 5.41) is 12.5. The number of carbonyl (C=O) groups is 1. The number of hydrogen-bond donors (Lipinski definition) is 0. The number of nitrogens with zero attached hydrogens (tertiary/aromatic N) is 5. The number of fused-ring (bicyclic) bond motifs is 1. The quantitative estimate of drug-likeness (QED) is 0.760. The van der Waals surface area contributed by atoms with Crippen molar-refractivity contribution in [3.63, 3.8) is 0 Å². The van der Waals surface area contributed by atoms with Gasteiger partial charge in [0.15, 0.2) is 0 Å². The number of para-hydroxylation sites is 1. The third-order valence-corrected chi connectivity index (χ3v) is 5.58. The zero-order valence-corrected chi connectivity index (χ0v) is 14.8. The largest absolute Gasteiger partial charge is 0.376 e. The highest BCUT2D eigenvalue weighted by molar-refractivity contribution is 7.99. The zero-order valence-electron chi connectivity index (χ0n) is 14.0. The van der Waals surface area contributed by atoms with Crippen LogP contribution in [0, 0.1) is 0 Å². The molecule has 1 saturated heterocycles. The van der Waals surface area contributed by atoms with Crippen LogP contribution in [-0.2, 0) is 22.5 Å². The van der Waals surface area contributed by atoms with Crippen LogP contribution >= 0.6 is 11.8 Å². The molecule has 132 valence electrons. The molecule has 0 saturated carbocycles. The van der Waals surface area contributed by atoms with Gasteiger partial charge in [0.1, 0.15) is 0 Å². The van der Waals surface area contributed by atoms with Gasteiger partial charge in [-0.1, -0.05) is 30.0 Å². The molecule has 0 spiro atoms. The molecule has 0 radical (unpaired) electrons. The number of aryl methyl sites for hydroxylation is 1. The van der Waals surface area contributed by atoms with E-state index in [0.717, 1.165) is 44.5 Å². The number of carbonyl (C=O) groups excluding carboxylic acids is 1. The molecule has 0 bridgehead atoms. The van der Waals surface area contributed by atoms with E-state index in [1.165, 1.54) is 17.3 Å². The van der Waals surface area contributed by atoms with E-state index in [1.807, 2.05) is 23.1 Å². The number of aromatic nitrogens is 4. The van der Waals surface area contributed by atoms with Crippen LogP contribution in [0.1, 0.15) is 24.8 Å². The van der Waals surface area contributed by atoms with Crippen molar-refractivity contribution >= 4 is 23.4 Å². The Morgan fingerprint density at radius 3 is 3.12 bits per heavy atom. The topological polar surface area (TPSA) is 73.1 Å². The Morgan fingerprint density at radius 1 is 1.32 bits per heavy atom. The Kier molecular flexibility index (Phi) is 4.98. The molecular weight excluding hydrogens is 338 g/mol. The van der Waals surface area contributed by atoms with E-state index < -0.39 is 0 Å². The summed E-state index contributed by atoms with van der Waals surface area (Å²) in [6.45, 7) is 2.23. The average molecular weight is 359 g/mol. The van der Waals surface area contributed by atoms with E-state index in [9.17, 15) is 4.79 Å². The summed E-state index contributed by atoms with van der Waals surface area (Å²) in [5.41, 5.74) is 2.29. The molecule has 1 unspecified atom stereocenters. The van der Waals surface area contributed by atoms with Crippen LogP contribution in [0.5, 0.6) is 0 Å². The summed E-state index contributed by atoms with van der Waals surface area (Å²) in [4.78, 5) is 14.6. The first-order valence-corrected chi connectivity index (χ1v) is 9.68. The lowest BCUT2D eigenvalue weighted by molar-refractivity contribution is -0.116. The van der Waals surface area contributed by atoms with Crippen molar-refractivity contribution < 1.29 is 9.53 Å². The van der Waals surface area contributed by atoms with Crippen molar-refractivity contribution in [2.45, 2.75) is 43.5 Å². The number of amides is 1. The van der Waals surface area contributed by atoms with Crippen LogP contribution in [0.3, 0.4) is 0 Å². The number of anilines is 1. The maximum absolute atomic E-state index is 12.7. The lowest BCUT2D eigenvalue weighted by Crippen LogP contribution is -2.36. The fourth-order valence-corrected chi connectivity index (χ4v) is 4.16. The number of rotatable bonds is 5. The van der Waals surface area contributed by atoms with E-state index in [2.05, 4.69) is 21.6 Å². The molecular formula is C17H21N5O2S. The monoisotopic (exact) mass is 359 g/mol. The average Bonchev–Trinajstić information content (AvgIpc) is 3.31. The molecule has 2 aromatic rings. The molecule has 1 amide bonds. The van der Waals surface area contributed by atoms with Crippen LogP contribution in [0.2, 0.25) is 0 Å². The number of hydrogen-bond acceptors (Lipinski definition) is 6. The van der Waals surface area contributed by atoms with Gasteiger partial charge < -0.3 is 9.64 Å². The Labute approximate surface area is 150 Å². The Morgan fingerprint density at radius 2 is 2.24 bits per heavy atom. The van der Waals surface area contributed by atoms with Crippen molar-refractivity contribution in [3.05, 3.63) is 29.8 Å². The number of tetrazole rings is 1. The third-order valence-electron chi connectivity index (χ3n) is 4.64. The summed E-state index contributed by atoms with van der Waals surface area (Å²) in [7, 11) is 0. The van der Waals surface area contributed by atoms with Crippen LogP contribution in [0.15, 0.2) is 29.4 Å². The maximum atomic E-state index is 12.7. The van der Waals surface area contributed by atoms with E-state index >= 15 is 0 Å². The molecule has 0 N–H and O–H groups in total. The molecule has 1 aromatic heterocycles. The molecule has 2 aliphatic rings. The summed E-state index contributed by atoms with van der Waals surface area (Å²) in [6, 6.07) is 8.14. The summed E-state index contributed by atoms with van der Waals surface area (Å²) in [5.74, 6) is 0.434. The van der Waals surface area contributed by atoms with Gasteiger partial charge in [0.2, 0.25) is 11.1 Å². The predicted molar refractivity (Wildman–Crippen MR) is 94.6 cm³/mol. The summed E-state index contributed by atoms with van der Waals surface area (Å²) in [6.07, 6.45) is 4.33. The molecule has 3 heterocycles. The fraction of sp³-hybridized carbons (Fsp3) is 0.529. The van der Waals surface area contributed by atoms with Crippen LogP contribution in [0.25, 0.3) is 0 Å². The first-order chi connectivity index (χ1) is 12.3. The smallest absolute Gasteiger partial charge is 0.237 e. The van der Waals surface area contributed by atoms with Crippen LogP contribution in [-0.4, -0.2) is 51.1 Å². The minimum absolute atomic E-state index is 0.101. The van der Waals surface area contributed by atoms with Gasteiger partial charge in [-0.05, 0) is 47.7 Å². The maximum Gasteiger partial charge on any atom is 0.237 e. The Balaban J connectivity index is 1.39. The number of benzene rings is 1. The van der Waals surface area contributed by atoms with Crippen LogP contribution in [0.4, 0.5) is 5.69 Å². The minimum atomic E-state index is 0.101. The Hall–Kier alpha value is -1.93. The second-order valence-corrected chi connectivity index (χ2v) is 7.29. The van der Waals surface area contributed by atoms with E-state index in [1.54, 1.807) is 4.68 Å². The van der Waals surface area contributed by atoms with Crippen molar-refractivity contribution in [2.24, 2.45) is 0 Å². The molecule has 7 nitrogen and oxygen atoms in total. The molecule has 1 atom stereocenters. The first kappa shape index (κ1) is 16.5. The minimum Gasteiger partial charge on any atom is -0.376 e. The van der Waals surface area contributed by atoms with E-state index in [0.29, 0.717) is 17.5 Å². The first-order valence-electron chi connectivity index (χ1n) is 8.70. The molecule has 2 aliphatic heterocycles. The van der Waals surface area contributed by atoms with Gasteiger partial charge in [-0.2, -0.15) is 0 Å². The van der Waals surface area contributed by atoms with Crippen molar-refractivity contribution in [2.75, 3.05) is 23.8 Å². The standard InChI is InChI=1S/C17H21N5O2S/c23-16(21-9-3-6-13-5-1-2-8-15(13)21)12-25-17-18-19-20-22(17)11-14-7-4-10-24-14/h1-2,5,8,14H,3-4,6-7,9-12H2. The van der Waals surface area contributed by atoms with Crippen molar-refractivity contribution in [1.82, 2.24) is 20.2 Å². The van der Waals surface area contributed by atoms with Crippen LogP contribution < -0.4 is 4.90 Å². The van der Waals surface area contributed by atoms with E-state index in [4.69, 9.17) is 4.74 Å². The predicted octanol–water partition coefficient (Wildman–Crippen LogP) is 1.92. The highest BCUT2D eigenvalue weighted by Crippen LogP contribution is 2.28. The van der Waals surface area contributed by atoms with Gasteiger partial charge in [-0.3, -0.25) is 4.79 Å². The van der Waals surface area contributed by atoms with Gasteiger partial charge in [0.25, 0.3) is 0 Å². The normalized spacial score (nSPS) is 19.8. The molecule has 1 fully saturated rings. The second kappa shape index (κ2) is 7.53. The summed E-state index contributed by atoms with van der Waals surface area (Å²) < 4.78 is 7.39. The van der Waals surface area contributed by atoms with Crippen molar-refractivity contribution in [1.29, 1.82) is 0 Å². The number of ether oxygens (including phenoxy) is 1. The number of thioether (sulfide) groups is 1. The molecule has 0 aliphatic carbocycles. The SMILES string of the molecule is O=C(CSc1nnnn1CC1CCCO1)N1CCCc2ccccc21. The zero-order chi connectivity index (χ0) is 17.1. The van der Waals surface area contributed by atoms with Gasteiger partial charge >= 0.3 is 0 Å². The lowest BCUT2D eigenvalue weighted by Gasteiger charge is -2.29.